The van der Waals surface area contributed by atoms with Crippen LogP contribution in [0.15, 0.2) is 23.0 Å². The molecule has 5 rings (SSSR count). The number of carbonyl (C=O) groups is 2. The van der Waals surface area contributed by atoms with E-state index >= 15 is 0 Å². The SMILES string of the molecule is C[C@@H](N)COC1CCC(CN2CCN(c3ccc4c(c3)n(C)c(=O)n4C3CCC(=O)NC3=O)CC2)CC1. The monoisotopic (exact) mass is 512 g/mol. The van der Waals surface area contributed by atoms with Gasteiger partial charge < -0.3 is 15.4 Å². The summed E-state index contributed by atoms with van der Waals surface area (Å²) in [5.41, 5.74) is 8.21. The highest BCUT2D eigenvalue weighted by Gasteiger charge is 2.31. The van der Waals surface area contributed by atoms with Gasteiger partial charge in [0.05, 0.1) is 23.7 Å². The highest BCUT2D eigenvalue weighted by Crippen LogP contribution is 2.29. The Balaban J connectivity index is 1.19. The molecule has 3 fully saturated rings. The molecule has 10 heteroatoms. The van der Waals surface area contributed by atoms with Crippen LogP contribution in [0.4, 0.5) is 5.69 Å². The molecule has 3 aliphatic rings. The van der Waals surface area contributed by atoms with Gasteiger partial charge in [-0.3, -0.25) is 28.9 Å². The number of imide groups is 1. The molecule has 10 nitrogen and oxygen atoms in total. The molecule has 37 heavy (non-hydrogen) atoms. The molecule has 2 aromatic rings. The number of ether oxygens (including phenoxy) is 1. The molecule has 3 N–H and O–H groups in total. The van der Waals surface area contributed by atoms with Crippen LogP contribution in [0, 0.1) is 5.92 Å². The average Bonchev–Trinajstić information content (AvgIpc) is 3.13. The van der Waals surface area contributed by atoms with Gasteiger partial charge in [0, 0.05) is 57.9 Å². The van der Waals surface area contributed by atoms with Crippen LogP contribution in [-0.2, 0) is 21.4 Å². The number of hydrogen-bond donors (Lipinski definition) is 2. The number of aromatic nitrogens is 2. The number of anilines is 1. The molecule has 2 atom stereocenters. The molecule has 1 aromatic heterocycles. The van der Waals surface area contributed by atoms with Gasteiger partial charge in [-0.25, -0.2) is 4.79 Å². The van der Waals surface area contributed by atoms with E-state index in [-0.39, 0.29) is 24.1 Å². The van der Waals surface area contributed by atoms with Gasteiger partial charge in [-0.1, -0.05) is 0 Å². The summed E-state index contributed by atoms with van der Waals surface area (Å²) in [5.74, 6) is 0.0478. The Morgan fingerprint density at radius 2 is 1.76 bits per heavy atom. The molecular formula is C27H40N6O4. The van der Waals surface area contributed by atoms with Crippen molar-refractivity contribution in [3.8, 4) is 0 Å². The fraction of sp³-hybridized carbons (Fsp3) is 0.667. The van der Waals surface area contributed by atoms with Crippen LogP contribution >= 0.6 is 0 Å². The minimum atomic E-state index is -0.658. The number of hydrogen-bond acceptors (Lipinski definition) is 7. The molecule has 1 saturated carbocycles. The molecule has 3 heterocycles. The lowest BCUT2D eigenvalue weighted by Crippen LogP contribution is -2.48. The summed E-state index contributed by atoms with van der Waals surface area (Å²) >= 11 is 0. The number of benzene rings is 1. The lowest BCUT2D eigenvalue weighted by molar-refractivity contribution is -0.135. The number of carbonyl (C=O) groups excluding carboxylic acids is 2. The van der Waals surface area contributed by atoms with Crippen molar-refractivity contribution in [2.45, 2.75) is 63.6 Å². The predicted octanol–water partition coefficient (Wildman–Crippen LogP) is 1.36. The lowest BCUT2D eigenvalue weighted by atomic mass is 9.87. The van der Waals surface area contributed by atoms with Gasteiger partial charge in [-0.15, -0.1) is 0 Å². The maximum absolute atomic E-state index is 13.0. The Morgan fingerprint density at radius 3 is 2.43 bits per heavy atom. The lowest BCUT2D eigenvalue weighted by Gasteiger charge is -2.39. The summed E-state index contributed by atoms with van der Waals surface area (Å²) < 4.78 is 9.08. The van der Waals surface area contributed by atoms with Crippen molar-refractivity contribution >= 4 is 28.5 Å². The van der Waals surface area contributed by atoms with Gasteiger partial charge in [0.1, 0.15) is 6.04 Å². The van der Waals surface area contributed by atoms with Crippen molar-refractivity contribution in [2.75, 3.05) is 44.2 Å². The summed E-state index contributed by atoms with van der Waals surface area (Å²) in [4.78, 5) is 42.0. The van der Waals surface area contributed by atoms with Crippen LogP contribution in [0.5, 0.6) is 0 Å². The Kier molecular flexibility index (Phi) is 7.69. The summed E-state index contributed by atoms with van der Waals surface area (Å²) in [5, 5.41) is 2.37. The summed E-state index contributed by atoms with van der Waals surface area (Å²) in [7, 11) is 1.74. The van der Waals surface area contributed by atoms with Crippen LogP contribution in [0.2, 0.25) is 0 Å². The smallest absolute Gasteiger partial charge is 0.329 e. The van der Waals surface area contributed by atoms with E-state index in [0.29, 0.717) is 19.1 Å². The highest BCUT2D eigenvalue weighted by atomic mass is 16.5. The fourth-order valence-corrected chi connectivity index (χ4v) is 6.10. The van der Waals surface area contributed by atoms with E-state index in [9.17, 15) is 14.4 Å². The first kappa shape index (κ1) is 25.9. The first-order chi connectivity index (χ1) is 17.8. The number of aryl methyl sites for hydroxylation is 1. The minimum Gasteiger partial charge on any atom is -0.377 e. The van der Waals surface area contributed by atoms with Crippen LogP contribution in [0.25, 0.3) is 11.0 Å². The summed E-state index contributed by atoms with van der Waals surface area (Å²) in [6.07, 6.45) is 5.66. The predicted molar refractivity (Wildman–Crippen MR) is 143 cm³/mol. The molecule has 0 spiro atoms. The Labute approximate surface area is 217 Å². The number of imidazole rings is 1. The zero-order valence-electron chi connectivity index (χ0n) is 22.0. The fourth-order valence-electron chi connectivity index (χ4n) is 6.10. The number of amides is 2. The van der Waals surface area contributed by atoms with E-state index < -0.39 is 11.9 Å². The largest absolute Gasteiger partial charge is 0.377 e. The topological polar surface area (TPSA) is 115 Å². The number of fused-ring (bicyclic) bond motifs is 1. The quantitative estimate of drug-likeness (QED) is 0.539. The second-order valence-electron chi connectivity index (χ2n) is 11.1. The number of nitrogens with one attached hydrogen (secondary N) is 1. The Morgan fingerprint density at radius 1 is 1.03 bits per heavy atom. The molecule has 202 valence electrons. The number of piperazine rings is 1. The van der Waals surface area contributed by atoms with E-state index in [1.807, 2.05) is 19.1 Å². The van der Waals surface area contributed by atoms with Gasteiger partial charge in [-0.05, 0) is 63.1 Å². The summed E-state index contributed by atoms with van der Waals surface area (Å²) in [6.45, 7) is 7.72. The maximum atomic E-state index is 13.0. The van der Waals surface area contributed by atoms with Gasteiger partial charge >= 0.3 is 5.69 Å². The zero-order chi connectivity index (χ0) is 26.1. The first-order valence-electron chi connectivity index (χ1n) is 13.7. The molecular weight excluding hydrogens is 472 g/mol. The van der Waals surface area contributed by atoms with E-state index in [4.69, 9.17) is 10.5 Å². The van der Waals surface area contributed by atoms with Crippen LogP contribution < -0.4 is 21.6 Å². The van der Waals surface area contributed by atoms with Crippen molar-refractivity contribution in [1.29, 1.82) is 0 Å². The van der Waals surface area contributed by atoms with Crippen molar-refractivity contribution in [3.05, 3.63) is 28.7 Å². The van der Waals surface area contributed by atoms with E-state index in [1.165, 1.54) is 17.4 Å². The number of piperidine rings is 1. The van der Waals surface area contributed by atoms with Crippen molar-refractivity contribution < 1.29 is 14.3 Å². The number of nitrogens with zero attached hydrogens (tertiary/aromatic N) is 4. The van der Waals surface area contributed by atoms with E-state index in [1.54, 1.807) is 11.6 Å². The third-order valence-electron chi connectivity index (χ3n) is 8.24. The number of rotatable bonds is 7. The molecule has 1 unspecified atom stereocenters. The first-order valence-corrected chi connectivity index (χ1v) is 13.7. The van der Waals surface area contributed by atoms with Crippen molar-refractivity contribution in [3.63, 3.8) is 0 Å². The Bertz CT molecular complexity index is 1190. The van der Waals surface area contributed by atoms with Gasteiger partial charge in [0.2, 0.25) is 11.8 Å². The molecule has 1 aromatic carbocycles. The van der Waals surface area contributed by atoms with E-state index in [2.05, 4.69) is 21.2 Å². The standard InChI is InChI=1S/C27H40N6O4/c1-18(28)17-37-21-6-3-19(4-7-21)16-31-11-13-32(14-12-31)20-5-8-22-24(15-20)30(2)27(36)33(22)23-9-10-25(34)29-26(23)35/h5,8,15,18-19,21,23H,3-4,6-7,9-14,16-17,28H2,1-2H3,(H,29,34,35)/t18-,19?,21?,23?/m1/s1. The van der Waals surface area contributed by atoms with Crippen molar-refractivity contribution in [2.24, 2.45) is 18.7 Å². The summed E-state index contributed by atoms with van der Waals surface area (Å²) in [6, 6.07) is 5.48. The third kappa shape index (κ3) is 5.61. The molecule has 2 aliphatic heterocycles. The maximum Gasteiger partial charge on any atom is 0.329 e. The van der Waals surface area contributed by atoms with Gasteiger partial charge in [0.25, 0.3) is 0 Å². The van der Waals surface area contributed by atoms with E-state index in [0.717, 1.165) is 68.2 Å². The third-order valence-corrected chi connectivity index (χ3v) is 8.24. The van der Waals surface area contributed by atoms with Crippen LogP contribution in [-0.4, -0.2) is 77.3 Å². The van der Waals surface area contributed by atoms with Crippen LogP contribution in [0.3, 0.4) is 0 Å². The molecule has 1 aliphatic carbocycles. The molecule has 2 amide bonds. The minimum absolute atomic E-state index is 0.102. The second kappa shape index (κ2) is 11.0. The normalized spacial score (nSPS) is 26.5. The number of nitrogens with two attached hydrogens (primary N) is 1. The zero-order valence-corrected chi connectivity index (χ0v) is 22.0. The molecule has 0 bridgehead atoms. The molecule has 2 saturated heterocycles. The van der Waals surface area contributed by atoms with Gasteiger partial charge in [0.15, 0.2) is 0 Å². The average molecular weight is 513 g/mol. The second-order valence-corrected chi connectivity index (χ2v) is 11.1. The Hall–Kier alpha value is -2.69. The highest BCUT2D eigenvalue weighted by molar-refractivity contribution is 6.00. The van der Waals surface area contributed by atoms with Crippen LogP contribution in [0.1, 0.15) is 51.5 Å². The van der Waals surface area contributed by atoms with Gasteiger partial charge in [-0.2, -0.15) is 0 Å². The molecule has 0 radical (unpaired) electrons. The van der Waals surface area contributed by atoms with Crippen molar-refractivity contribution in [1.82, 2.24) is 19.4 Å².